The number of anilines is 1. The molecular weight excluding hydrogens is 419 g/mol. The zero-order chi connectivity index (χ0) is 22.9. The van der Waals surface area contributed by atoms with Crippen molar-refractivity contribution in [1.82, 2.24) is 24.8 Å². The fourth-order valence-electron chi connectivity index (χ4n) is 4.25. The van der Waals surface area contributed by atoms with Crippen LogP contribution in [-0.2, 0) is 6.54 Å². The van der Waals surface area contributed by atoms with Gasteiger partial charge in [-0.1, -0.05) is 6.07 Å². The number of nitrogens with zero attached hydrogens (tertiary/aromatic N) is 4. The van der Waals surface area contributed by atoms with Gasteiger partial charge in [-0.15, -0.1) is 0 Å². The molecule has 168 valence electrons. The van der Waals surface area contributed by atoms with E-state index in [1.807, 2.05) is 6.92 Å². The largest absolute Gasteiger partial charge is 0.357 e. The molecule has 0 aliphatic carbocycles. The molecule has 1 fully saturated rings. The molecule has 1 atom stereocenters. The fraction of sp³-hybridized carbons (Fsp3) is 0.280. The van der Waals surface area contributed by atoms with Crippen LogP contribution in [0, 0.1) is 12.7 Å². The van der Waals surface area contributed by atoms with Crippen LogP contribution in [0.15, 0.2) is 48.9 Å². The summed E-state index contributed by atoms with van der Waals surface area (Å²) in [6.45, 7) is 6.10. The Labute approximate surface area is 191 Å². The number of pyridine rings is 1. The summed E-state index contributed by atoms with van der Waals surface area (Å²) in [5.74, 6) is -0.434. The van der Waals surface area contributed by atoms with Crippen LogP contribution in [0.5, 0.6) is 0 Å². The standard InChI is InChI=1S/C25H25FN6O/c1-15-11-28-24(29-12-15)17-5-6-20(21(26)9-17)25(33)31-23-10-22-18(13-27-23)8-19(30-22)14-32-7-3-4-16(32)2/h5-6,8-13,16,30H,3-4,7,14H2,1-2H3,(H,27,31,33)/t16-/m0/s1. The highest BCUT2D eigenvalue weighted by molar-refractivity contribution is 6.04. The summed E-state index contributed by atoms with van der Waals surface area (Å²) in [4.78, 5) is 31.3. The van der Waals surface area contributed by atoms with E-state index in [0.717, 1.165) is 35.2 Å². The molecule has 3 aromatic heterocycles. The molecule has 0 unspecified atom stereocenters. The van der Waals surface area contributed by atoms with Crippen LogP contribution in [0.4, 0.5) is 10.2 Å². The van der Waals surface area contributed by atoms with Gasteiger partial charge in [0, 0.05) is 53.9 Å². The third-order valence-corrected chi connectivity index (χ3v) is 6.12. The number of rotatable bonds is 5. The average Bonchev–Trinajstić information content (AvgIpc) is 3.39. The molecule has 1 amide bonds. The van der Waals surface area contributed by atoms with Crippen molar-refractivity contribution < 1.29 is 9.18 Å². The lowest BCUT2D eigenvalue weighted by atomic mass is 10.1. The lowest BCUT2D eigenvalue weighted by Crippen LogP contribution is -2.26. The van der Waals surface area contributed by atoms with Gasteiger partial charge in [0.2, 0.25) is 0 Å². The number of amides is 1. The number of hydrogen-bond donors (Lipinski definition) is 2. The molecule has 1 aliphatic heterocycles. The first-order valence-corrected chi connectivity index (χ1v) is 11.1. The van der Waals surface area contributed by atoms with E-state index < -0.39 is 11.7 Å². The first-order valence-electron chi connectivity index (χ1n) is 11.1. The van der Waals surface area contributed by atoms with Gasteiger partial charge in [-0.3, -0.25) is 9.69 Å². The fourth-order valence-corrected chi connectivity index (χ4v) is 4.25. The minimum absolute atomic E-state index is 0.0667. The first kappa shape index (κ1) is 21.2. The minimum atomic E-state index is -0.642. The van der Waals surface area contributed by atoms with Crippen LogP contribution in [0.3, 0.4) is 0 Å². The quantitative estimate of drug-likeness (QED) is 0.466. The molecular formula is C25H25FN6O. The first-order chi connectivity index (χ1) is 16.0. The summed E-state index contributed by atoms with van der Waals surface area (Å²) in [6.07, 6.45) is 7.51. The van der Waals surface area contributed by atoms with E-state index in [-0.39, 0.29) is 5.56 Å². The van der Waals surface area contributed by atoms with E-state index in [2.05, 4.69) is 43.1 Å². The number of likely N-dealkylation sites (tertiary alicyclic amines) is 1. The predicted octanol–water partition coefficient (Wildman–Crippen LogP) is 4.70. The highest BCUT2D eigenvalue weighted by atomic mass is 19.1. The Morgan fingerprint density at radius 2 is 2.00 bits per heavy atom. The maximum Gasteiger partial charge on any atom is 0.259 e. The maximum absolute atomic E-state index is 14.7. The number of aromatic nitrogens is 4. The number of benzene rings is 1. The third-order valence-electron chi connectivity index (χ3n) is 6.12. The van der Waals surface area contributed by atoms with Crippen LogP contribution in [-0.4, -0.2) is 43.3 Å². The molecule has 0 saturated carbocycles. The molecule has 0 radical (unpaired) electrons. The zero-order valence-electron chi connectivity index (χ0n) is 18.6. The number of carbonyl (C=O) groups excluding carboxylic acids is 1. The molecule has 0 spiro atoms. The van der Waals surface area contributed by atoms with Crippen molar-refractivity contribution >= 4 is 22.6 Å². The Morgan fingerprint density at radius 3 is 2.73 bits per heavy atom. The Bertz CT molecular complexity index is 1320. The van der Waals surface area contributed by atoms with Crippen LogP contribution in [0.1, 0.15) is 41.4 Å². The average molecular weight is 445 g/mol. The Morgan fingerprint density at radius 1 is 1.18 bits per heavy atom. The normalized spacial score (nSPS) is 16.4. The third kappa shape index (κ3) is 4.47. The van der Waals surface area contributed by atoms with Crippen molar-refractivity contribution in [3.05, 3.63) is 71.6 Å². The van der Waals surface area contributed by atoms with Crippen molar-refractivity contribution in [2.24, 2.45) is 0 Å². The molecule has 4 heterocycles. The Hall–Kier alpha value is -3.65. The van der Waals surface area contributed by atoms with Gasteiger partial charge >= 0.3 is 0 Å². The smallest absolute Gasteiger partial charge is 0.259 e. The van der Waals surface area contributed by atoms with Crippen LogP contribution in [0.25, 0.3) is 22.3 Å². The monoisotopic (exact) mass is 444 g/mol. The predicted molar refractivity (Wildman–Crippen MR) is 125 cm³/mol. The summed E-state index contributed by atoms with van der Waals surface area (Å²) in [5, 5.41) is 3.67. The minimum Gasteiger partial charge on any atom is -0.357 e. The van der Waals surface area contributed by atoms with E-state index in [4.69, 9.17) is 0 Å². The van der Waals surface area contributed by atoms with E-state index in [1.54, 1.807) is 30.7 Å². The highest BCUT2D eigenvalue weighted by Crippen LogP contribution is 2.24. The van der Waals surface area contributed by atoms with Gasteiger partial charge in [0.25, 0.3) is 5.91 Å². The van der Waals surface area contributed by atoms with E-state index in [0.29, 0.717) is 23.2 Å². The Balaban J connectivity index is 1.31. The second-order valence-corrected chi connectivity index (χ2v) is 8.65. The Kier molecular flexibility index (Phi) is 5.60. The van der Waals surface area contributed by atoms with Crippen LogP contribution < -0.4 is 5.32 Å². The topological polar surface area (TPSA) is 86.8 Å². The second-order valence-electron chi connectivity index (χ2n) is 8.65. The number of aromatic amines is 1. The van der Waals surface area contributed by atoms with Crippen LogP contribution in [0.2, 0.25) is 0 Å². The van der Waals surface area contributed by atoms with Gasteiger partial charge in [0.05, 0.1) is 11.1 Å². The maximum atomic E-state index is 14.7. The number of carbonyl (C=O) groups is 1. The lowest BCUT2D eigenvalue weighted by Gasteiger charge is -2.19. The van der Waals surface area contributed by atoms with Gasteiger partial charge in [0.15, 0.2) is 5.82 Å². The zero-order valence-corrected chi connectivity index (χ0v) is 18.6. The molecule has 5 rings (SSSR count). The number of H-pyrrole nitrogens is 1. The SMILES string of the molecule is Cc1cnc(-c2ccc(C(=O)Nc3cc4[nH]c(CN5CCC[C@@H]5C)cc4cn3)c(F)c2)nc1. The van der Waals surface area contributed by atoms with Crippen molar-refractivity contribution in [2.75, 3.05) is 11.9 Å². The highest BCUT2D eigenvalue weighted by Gasteiger charge is 2.21. The van der Waals surface area contributed by atoms with E-state index in [1.165, 1.54) is 25.0 Å². The van der Waals surface area contributed by atoms with E-state index >= 15 is 0 Å². The number of hydrogen-bond acceptors (Lipinski definition) is 5. The van der Waals surface area contributed by atoms with Crippen molar-refractivity contribution in [1.29, 1.82) is 0 Å². The molecule has 33 heavy (non-hydrogen) atoms. The molecule has 0 bridgehead atoms. The molecule has 1 aliphatic rings. The van der Waals surface area contributed by atoms with Gasteiger partial charge in [-0.25, -0.2) is 19.3 Å². The van der Waals surface area contributed by atoms with Gasteiger partial charge in [-0.2, -0.15) is 0 Å². The summed E-state index contributed by atoms with van der Waals surface area (Å²) in [6, 6.07) is 8.79. The number of aryl methyl sites for hydroxylation is 1. The lowest BCUT2D eigenvalue weighted by molar-refractivity contribution is 0.102. The molecule has 4 aromatic rings. The molecule has 1 aromatic carbocycles. The van der Waals surface area contributed by atoms with E-state index in [9.17, 15) is 9.18 Å². The van der Waals surface area contributed by atoms with Crippen molar-refractivity contribution in [2.45, 2.75) is 39.3 Å². The molecule has 2 N–H and O–H groups in total. The summed E-state index contributed by atoms with van der Waals surface area (Å²) < 4.78 is 14.7. The van der Waals surface area contributed by atoms with Gasteiger partial charge in [0.1, 0.15) is 11.6 Å². The summed E-state index contributed by atoms with van der Waals surface area (Å²) >= 11 is 0. The molecule has 8 heteroatoms. The number of halogens is 1. The second kappa shape index (κ2) is 8.71. The van der Waals surface area contributed by atoms with Gasteiger partial charge < -0.3 is 10.3 Å². The van der Waals surface area contributed by atoms with Crippen LogP contribution >= 0.6 is 0 Å². The molecule has 7 nitrogen and oxygen atoms in total. The number of fused-ring (bicyclic) bond motifs is 1. The summed E-state index contributed by atoms with van der Waals surface area (Å²) in [5.41, 5.74) is 3.36. The van der Waals surface area contributed by atoms with Crippen molar-refractivity contribution in [3.8, 4) is 11.4 Å². The summed E-state index contributed by atoms with van der Waals surface area (Å²) in [7, 11) is 0. The number of nitrogens with one attached hydrogen (secondary N) is 2. The van der Waals surface area contributed by atoms with Gasteiger partial charge in [-0.05, 0) is 57.0 Å². The molecule has 1 saturated heterocycles. The van der Waals surface area contributed by atoms with Crippen molar-refractivity contribution in [3.63, 3.8) is 0 Å².